The lowest BCUT2D eigenvalue weighted by Gasteiger charge is -2.04. The molecule has 0 aliphatic rings. The van der Waals surface area contributed by atoms with Crippen LogP contribution in [0.25, 0.3) is 22.6 Å². The molecule has 1 aromatic heterocycles. The summed E-state index contributed by atoms with van der Waals surface area (Å²) in [5.74, 6) is -0.117. The zero-order valence-corrected chi connectivity index (χ0v) is 13.5. The Bertz CT molecular complexity index is 861. The maximum absolute atomic E-state index is 10.6. The topological polar surface area (TPSA) is 78.0 Å². The molecule has 6 heteroatoms. The van der Waals surface area contributed by atoms with Crippen molar-refractivity contribution in [3.63, 3.8) is 0 Å². The number of rotatable bonds is 6. The number of aliphatic carboxylic acids is 1. The molecule has 0 radical (unpaired) electrons. The van der Waals surface area contributed by atoms with Gasteiger partial charge in [-0.1, -0.05) is 41.9 Å². The highest BCUT2D eigenvalue weighted by molar-refractivity contribution is 6.30. The minimum atomic E-state index is -0.872. The lowest BCUT2D eigenvalue weighted by Crippen LogP contribution is -2.21. The number of nitrogens with one attached hydrogen (secondary N) is 2. The summed E-state index contributed by atoms with van der Waals surface area (Å²) in [5.41, 5.74) is 3.80. The summed E-state index contributed by atoms with van der Waals surface area (Å²) < 4.78 is 0. The molecule has 3 N–H and O–H groups in total. The van der Waals surface area contributed by atoms with Crippen LogP contribution in [0.4, 0.5) is 0 Å². The lowest BCUT2D eigenvalue weighted by atomic mass is 10.1. The van der Waals surface area contributed by atoms with Crippen LogP contribution in [0.15, 0.2) is 54.7 Å². The number of hydrogen-bond acceptors (Lipinski definition) is 3. The molecule has 0 spiro atoms. The van der Waals surface area contributed by atoms with Crippen LogP contribution >= 0.6 is 11.6 Å². The number of hydrogen-bond donors (Lipinski definition) is 3. The molecule has 2 aromatic carbocycles. The highest BCUT2D eigenvalue weighted by Gasteiger charge is 2.07. The SMILES string of the molecule is O=C(O)CNCc1cccc(-c2ncc(-c3cccc(Cl)c3)[nH]2)c1. The number of aromatic nitrogens is 2. The van der Waals surface area contributed by atoms with E-state index in [0.29, 0.717) is 11.6 Å². The van der Waals surface area contributed by atoms with Crippen molar-refractivity contribution in [2.45, 2.75) is 6.54 Å². The third-order valence-corrected chi connectivity index (χ3v) is 3.75. The van der Waals surface area contributed by atoms with E-state index < -0.39 is 5.97 Å². The second-order valence-corrected chi connectivity index (χ2v) is 5.79. The number of halogens is 1. The summed E-state index contributed by atoms with van der Waals surface area (Å²) in [6.45, 7) is 0.423. The van der Waals surface area contributed by atoms with E-state index in [1.807, 2.05) is 48.5 Å². The first-order valence-corrected chi connectivity index (χ1v) is 7.82. The first-order chi connectivity index (χ1) is 11.6. The summed E-state index contributed by atoms with van der Waals surface area (Å²) in [6, 6.07) is 15.4. The first kappa shape index (κ1) is 16.2. The Morgan fingerprint density at radius 3 is 2.75 bits per heavy atom. The molecule has 122 valence electrons. The maximum atomic E-state index is 10.6. The van der Waals surface area contributed by atoms with E-state index in [1.54, 1.807) is 6.20 Å². The predicted molar refractivity (Wildman–Crippen MR) is 93.8 cm³/mol. The van der Waals surface area contributed by atoms with Crippen molar-refractivity contribution < 1.29 is 9.90 Å². The van der Waals surface area contributed by atoms with E-state index >= 15 is 0 Å². The van der Waals surface area contributed by atoms with Crippen LogP contribution in [0, 0.1) is 0 Å². The number of nitrogens with zero attached hydrogens (tertiary/aromatic N) is 1. The minimum absolute atomic E-state index is 0.0656. The molecule has 0 fully saturated rings. The van der Waals surface area contributed by atoms with Gasteiger partial charge in [0.05, 0.1) is 18.4 Å². The number of imidazole rings is 1. The Morgan fingerprint density at radius 2 is 1.96 bits per heavy atom. The molecule has 1 heterocycles. The molecule has 0 unspecified atom stereocenters. The third-order valence-electron chi connectivity index (χ3n) is 3.52. The molecular weight excluding hydrogens is 326 g/mol. The fraction of sp³-hybridized carbons (Fsp3) is 0.111. The van der Waals surface area contributed by atoms with Gasteiger partial charge in [-0.15, -0.1) is 0 Å². The van der Waals surface area contributed by atoms with Crippen molar-refractivity contribution in [3.8, 4) is 22.6 Å². The molecule has 0 saturated carbocycles. The van der Waals surface area contributed by atoms with Gasteiger partial charge >= 0.3 is 5.97 Å². The highest BCUT2D eigenvalue weighted by atomic mass is 35.5. The van der Waals surface area contributed by atoms with Gasteiger partial charge in [-0.2, -0.15) is 0 Å². The third kappa shape index (κ3) is 4.01. The van der Waals surface area contributed by atoms with Crippen molar-refractivity contribution in [2.75, 3.05) is 6.54 Å². The summed E-state index contributed by atoms with van der Waals surface area (Å²) >= 11 is 6.03. The smallest absolute Gasteiger partial charge is 0.317 e. The Balaban J connectivity index is 1.79. The van der Waals surface area contributed by atoms with E-state index in [4.69, 9.17) is 16.7 Å². The monoisotopic (exact) mass is 341 g/mol. The van der Waals surface area contributed by atoms with Crippen LogP contribution in [-0.2, 0) is 11.3 Å². The van der Waals surface area contributed by atoms with Crippen molar-refractivity contribution in [1.29, 1.82) is 0 Å². The van der Waals surface area contributed by atoms with E-state index in [9.17, 15) is 4.79 Å². The number of carboxylic acid groups (broad SMARTS) is 1. The van der Waals surface area contributed by atoms with Crippen LogP contribution in [0.5, 0.6) is 0 Å². The van der Waals surface area contributed by atoms with Crippen molar-refractivity contribution in [1.82, 2.24) is 15.3 Å². The van der Waals surface area contributed by atoms with Crippen LogP contribution in [-0.4, -0.2) is 27.6 Å². The average Bonchev–Trinajstić information content (AvgIpc) is 3.05. The fourth-order valence-corrected chi connectivity index (χ4v) is 2.60. The minimum Gasteiger partial charge on any atom is -0.480 e. The van der Waals surface area contributed by atoms with Crippen molar-refractivity contribution in [3.05, 3.63) is 65.3 Å². The quantitative estimate of drug-likeness (QED) is 0.640. The molecule has 3 rings (SSSR count). The molecule has 0 bridgehead atoms. The van der Waals surface area contributed by atoms with Crippen molar-refractivity contribution in [2.24, 2.45) is 0 Å². The zero-order chi connectivity index (χ0) is 16.9. The summed E-state index contributed by atoms with van der Waals surface area (Å²) in [5, 5.41) is 12.2. The van der Waals surface area contributed by atoms with E-state index in [1.165, 1.54) is 0 Å². The second-order valence-electron chi connectivity index (χ2n) is 5.35. The maximum Gasteiger partial charge on any atom is 0.317 e. The Labute approximate surface area is 144 Å². The normalized spacial score (nSPS) is 10.7. The highest BCUT2D eigenvalue weighted by Crippen LogP contribution is 2.24. The molecule has 0 amide bonds. The van der Waals surface area contributed by atoms with Crippen LogP contribution in [0.1, 0.15) is 5.56 Å². The lowest BCUT2D eigenvalue weighted by molar-refractivity contribution is -0.135. The molecule has 5 nitrogen and oxygen atoms in total. The van der Waals surface area contributed by atoms with Crippen LogP contribution < -0.4 is 5.32 Å². The molecular formula is C18H16ClN3O2. The number of H-pyrrole nitrogens is 1. The van der Waals surface area contributed by atoms with E-state index in [-0.39, 0.29) is 6.54 Å². The molecule has 0 atom stereocenters. The summed E-state index contributed by atoms with van der Waals surface area (Å²) in [6.07, 6.45) is 1.77. The predicted octanol–water partition coefficient (Wildman–Crippen LogP) is 3.57. The van der Waals surface area contributed by atoms with Gasteiger partial charge in [-0.25, -0.2) is 4.98 Å². The van der Waals surface area contributed by atoms with Gasteiger partial charge in [-0.05, 0) is 23.8 Å². The van der Waals surface area contributed by atoms with E-state index in [0.717, 1.165) is 28.2 Å². The fourth-order valence-electron chi connectivity index (χ4n) is 2.41. The first-order valence-electron chi connectivity index (χ1n) is 7.44. The Morgan fingerprint density at radius 1 is 1.17 bits per heavy atom. The van der Waals surface area contributed by atoms with Gasteiger partial charge in [-0.3, -0.25) is 4.79 Å². The van der Waals surface area contributed by atoms with Crippen LogP contribution in [0.2, 0.25) is 5.02 Å². The molecule has 24 heavy (non-hydrogen) atoms. The molecule has 0 aliphatic carbocycles. The van der Waals surface area contributed by atoms with Gasteiger partial charge in [0.25, 0.3) is 0 Å². The number of carbonyl (C=O) groups is 1. The van der Waals surface area contributed by atoms with Gasteiger partial charge in [0.15, 0.2) is 0 Å². The van der Waals surface area contributed by atoms with Gasteiger partial charge in [0, 0.05) is 22.7 Å². The van der Waals surface area contributed by atoms with Gasteiger partial charge < -0.3 is 15.4 Å². The van der Waals surface area contributed by atoms with Crippen LogP contribution in [0.3, 0.4) is 0 Å². The summed E-state index contributed by atoms with van der Waals surface area (Å²) in [4.78, 5) is 18.3. The summed E-state index contributed by atoms with van der Waals surface area (Å²) in [7, 11) is 0. The standard InChI is InChI=1S/C18H16ClN3O2/c19-15-6-2-4-13(8-15)16-10-21-18(22-16)14-5-1-3-12(7-14)9-20-11-17(23)24/h1-8,10,20H,9,11H2,(H,21,22)(H,23,24). The van der Waals surface area contributed by atoms with Crippen molar-refractivity contribution >= 4 is 17.6 Å². The number of carboxylic acids is 1. The van der Waals surface area contributed by atoms with Gasteiger partial charge in [0.2, 0.25) is 0 Å². The molecule has 3 aromatic rings. The molecule has 0 saturated heterocycles. The number of benzene rings is 2. The average molecular weight is 342 g/mol. The van der Waals surface area contributed by atoms with E-state index in [2.05, 4.69) is 15.3 Å². The zero-order valence-electron chi connectivity index (χ0n) is 12.8. The Kier molecular flexibility index (Phi) is 4.93. The molecule has 0 aliphatic heterocycles. The Hall–Kier alpha value is -2.63. The second kappa shape index (κ2) is 7.29. The number of aromatic amines is 1. The largest absolute Gasteiger partial charge is 0.480 e. The van der Waals surface area contributed by atoms with Gasteiger partial charge in [0.1, 0.15) is 5.82 Å².